The first-order chi connectivity index (χ1) is 27.1. The van der Waals surface area contributed by atoms with E-state index in [1.807, 2.05) is 31.3 Å². The van der Waals surface area contributed by atoms with Gasteiger partial charge in [0.1, 0.15) is 22.6 Å². The minimum Gasteiger partial charge on any atom is -0.465 e. The Morgan fingerprint density at radius 3 is 2.27 bits per heavy atom. The third kappa shape index (κ3) is 9.27. The molecule has 1 amide bonds. The molecule has 2 N–H and O–H groups in total. The third-order valence-corrected chi connectivity index (χ3v) is 9.99. The van der Waals surface area contributed by atoms with E-state index in [1.54, 1.807) is 19.2 Å². The Morgan fingerprint density at radius 2 is 1.59 bits per heavy atom. The van der Waals surface area contributed by atoms with Crippen molar-refractivity contribution in [3.05, 3.63) is 94.2 Å². The molecule has 0 spiro atoms. The molecule has 2 aliphatic rings. The zero-order valence-corrected chi connectivity index (χ0v) is 32.6. The van der Waals surface area contributed by atoms with Crippen molar-refractivity contribution < 1.29 is 32.6 Å². The smallest absolute Gasteiger partial charge is 0.318 e. The van der Waals surface area contributed by atoms with Crippen LogP contribution in [-0.2, 0) is 23.8 Å². The zero-order chi connectivity index (χ0) is 39.8. The molecule has 0 saturated carbocycles. The van der Waals surface area contributed by atoms with Gasteiger partial charge in [-0.1, -0.05) is 35.3 Å². The number of amides is 1. The van der Waals surface area contributed by atoms with Crippen LogP contribution < -0.4 is 20.4 Å². The van der Waals surface area contributed by atoms with Gasteiger partial charge in [0.05, 0.1) is 83.9 Å². The first-order valence-electron chi connectivity index (χ1n) is 18.1. The zero-order valence-electron chi connectivity index (χ0n) is 31.1. The van der Waals surface area contributed by atoms with E-state index >= 15 is 0 Å². The summed E-state index contributed by atoms with van der Waals surface area (Å²) in [5.41, 5.74) is 5.35. The normalized spacial score (nSPS) is 14.8. The van der Waals surface area contributed by atoms with E-state index in [2.05, 4.69) is 31.5 Å². The van der Waals surface area contributed by atoms with Crippen molar-refractivity contribution in [1.82, 2.24) is 15.0 Å². The average molecular weight is 809 g/mol. The minimum atomic E-state index is -0.982. The maximum Gasteiger partial charge on any atom is 0.318 e. The van der Waals surface area contributed by atoms with Gasteiger partial charge in [-0.25, -0.2) is 18.7 Å². The van der Waals surface area contributed by atoms with Gasteiger partial charge < -0.3 is 34.6 Å². The minimum absolute atomic E-state index is 0.0173. The van der Waals surface area contributed by atoms with Gasteiger partial charge in [-0.2, -0.15) is 0 Å². The number of halogens is 4. The third-order valence-electron chi connectivity index (χ3n) is 9.24. The van der Waals surface area contributed by atoms with Crippen LogP contribution in [0.4, 0.5) is 37.3 Å². The first-order valence-corrected chi connectivity index (χ1v) is 18.9. The van der Waals surface area contributed by atoms with Crippen molar-refractivity contribution >= 4 is 74.5 Å². The highest BCUT2D eigenvalue weighted by molar-refractivity contribution is 6.35. The molecule has 5 heterocycles. The summed E-state index contributed by atoms with van der Waals surface area (Å²) in [4.78, 5) is 41.7. The monoisotopic (exact) mass is 807 g/mol. The molecule has 7 rings (SSSR count). The van der Waals surface area contributed by atoms with E-state index < -0.39 is 29.4 Å². The topological polar surface area (TPSA) is 131 Å². The summed E-state index contributed by atoms with van der Waals surface area (Å²) in [6, 6.07) is 14.9. The lowest BCUT2D eigenvalue weighted by molar-refractivity contribution is -0.150. The quantitative estimate of drug-likeness (QED) is 0.112. The summed E-state index contributed by atoms with van der Waals surface area (Å²) in [5.74, 6) is -2.54. The molecular weight excluding hydrogens is 767 g/mol. The Morgan fingerprint density at radius 1 is 0.893 bits per heavy atom. The number of esters is 1. The van der Waals surface area contributed by atoms with E-state index in [0.717, 1.165) is 60.0 Å². The Bertz CT molecular complexity index is 2190. The molecule has 1 unspecified atom stereocenters. The van der Waals surface area contributed by atoms with Gasteiger partial charge in [-0.3, -0.25) is 14.6 Å². The molecule has 3 aromatic heterocycles. The summed E-state index contributed by atoms with van der Waals surface area (Å²) in [5, 5.41) is 6.55. The van der Waals surface area contributed by atoms with Crippen molar-refractivity contribution in [1.29, 1.82) is 0 Å². The maximum absolute atomic E-state index is 14.6. The molecule has 16 heteroatoms. The molecule has 0 radical (unpaired) electrons. The molecule has 1 atom stereocenters. The van der Waals surface area contributed by atoms with Crippen LogP contribution in [0.3, 0.4) is 0 Å². The average Bonchev–Trinajstić information content (AvgIpc) is 3.23. The highest BCUT2D eigenvalue weighted by Crippen LogP contribution is 2.40. The number of morpholine rings is 2. The summed E-state index contributed by atoms with van der Waals surface area (Å²) >= 11 is 12.1. The van der Waals surface area contributed by atoms with E-state index in [4.69, 9.17) is 47.4 Å². The van der Waals surface area contributed by atoms with Crippen molar-refractivity contribution in [2.24, 2.45) is 5.92 Å². The number of anilines is 5. The molecule has 12 nitrogen and oxygen atoms in total. The molecule has 294 valence electrons. The van der Waals surface area contributed by atoms with Crippen molar-refractivity contribution in [2.75, 3.05) is 79.6 Å². The lowest BCUT2D eigenvalue weighted by Crippen LogP contribution is -2.38. The van der Waals surface area contributed by atoms with E-state index in [0.29, 0.717) is 43.3 Å². The highest BCUT2D eigenvalue weighted by atomic mass is 35.5. The van der Waals surface area contributed by atoms with Gasteiger partial charge in [0, 0.05) is 43.3 Å². The number of ether oxygens (including phenoxy) is 3. The molecule has 0 aliphatic carbocycles. The van der Waals surface area contributed by atoms with E-state index in [9.17, 15) is 18.4 Å². The molecule has 5 aromatic rings. The molecule has 2 fully saturated rings. The van der Waals surface area contributed by atoms with Crippen LogP contribution in [-0.4, -0.2) is 86.0 Å². The number of fused-ring (bicyclic) bond motifs is 1. The Labute approximate surface area is 333 Å². The Hall–Kier alpha value is -5.15. The summed E-state index contributed by atoms with van der Waals surface area (Å²) in [6.45, 7) is 11.0. The van der Waals surface area contributed by atoms with Crippen LogP contribution >= 0.6 is 23.2 Å². The van der Waals surface area contributed by atoms with Crippen LogP contribution in [0.5, 0.6) is 0 Å². The number of nitrogens with one attached hydrogen (secondary N) is 2. The van der Waals surface area contributed by atoms with E-state index in [-0.39, 0.29) is 22.3 Å². The number of benzene rings is 2. The second-order valence-electron chi connectivity index (χ2n) is 12.9. The predicted molar refractivity (Wildman–Crippen MR) is 214 cm³/mol. The predicted octanol–water partition coefficient (Wildman–Crippen LogP) is 7.83. The van der Waals surface area contributed by atoms with Crippen LogP contribution in [0.1, 0.15) is 19.4 Å². The number of rotatable bonds is 9. The number of carbonyl (C=O) groups excluding carboxylic acids is 2. The first kappa shape index (κ1) is 40.5. The summed E-state index contributed by atoms with van der Waals surface area (Å²) in [6.07, 6.45) is 3.64. The van der Waals surface area contributed by atoms with Gasteiger partial charge in [0.2, 0.25) is 5.91 Å². The van der Waals surface area contributed by atoms with Crippen LogP contribution in [0.15, 0.2) is 67.0 Å². The lowest BCUT2D eigenvalue weighted by Gasteiger charge is -2.32. The molecule has 2 aliphatic heterocycles. The van der Waals surface area contributed by atoms with Gasteiger partial charge in [-0.15, -0.1) is 0 Å². The van der Waals surface area contributed by atoms with Crippen molar-refractivity contribution in [3.8, 4) is 11.4 Å². The number of hydrogen-bond donors (Lipinski definition) is 2. The lowest BCUT2D eigenvalue weighted by atomic mass is 10.0. The summed E-state index contributed by atoms with van der Waals surface area (Å²) < 4.78 is 43.5. The standard InChI is InChI=1S/C28H28ClFN6O2.C12H13ClFNO3/c1-18-25(20-5-6-21(30)24(29)27(20)34-26(18)22-4-2-3-7-31-22)33-23-16-19(35-8-12-37-13-9-35)17-32-28(23)36-10-14-38-15-11-36;1-3-18-12(17)7(2)11(16)15-9-6-4-5-8(14)10(9)13/h2-7,16-17H,8-15H2,1H3,(H,33,34);4-7H,3H2,1-2H3,(H,15,16). The largest absolute Gasteiger partial charge is 0.465 e. The fourth-order valence-electron chi connectivity index (χ4n) is 6.19. The second kappa shape index (κ2) is 18.7. The number of nitrogens with zero attached hydrogens (tertiary/aromatic N) is 5. The summed E-state index contributed by atoms with van der Waals surface area (Å²) in [7, 11) is 0. The fraction of sp³-hybridized carbons (Fsp3) is 0.325. The van der Waals surface area contributed by atoms with Crippen LogP contribution in [0.2, 0.25) is 10.0 Å². The number of aromatic nitrogens is 3. The fourth-order valence-corrected chi connectivity index (χ4v) is 6.57. The van der Waals surface area contributed by atoms with Gasteiger partial charge in [0.15, 0.2) is 5.82 Å². The molecule has 0 bridgehead atoms. The highest BCUT2D eigenvalue weighted by Gasteiger charge is 2.25. The van der Waals surface area contributed by atoms with Crippen LogP contribution in [0, 0.1) is 24.5 Å². The number of pyridine rings is 3. The van der Waals surface area contributed by atoms with Gasteiger partial charge in [-0.05, 0) is 63.2 Å². The Balaban J connectivity index is 0.000000249. The SMILES string of the molecule is CCOC(=O)C(C)C(=O)Nc1cccc(F)c1Cl.Cc1c(-c2ccccn2)nc2c(Cl)c(F)ccc2c1Nc1cc(N2CCOCC2)cnc1N1CCOCC1. The van der Waals surface area contributed by atoms with Gasteiger partial charge >= 0.3 is 5.97 Å². The molecular formula is C40H41Cl2F2N7O5. The molecule has 2 saturated heterocycles. The van der Waals surface area contributed by atoms with Crippen molar-refractivity contribution in [3.63, 3.8) is 0 Å². The second-order valence-corrected chi connectivity index (χ2v) is 13.6. The number of hydrogen-bond acceptors (Lipinski definition) is 11. The molecule has 2 aromatic carbocycles. The number of carbonyl (C=O) groups is 2. The molecule has 56 heavy (non-hydrogen) atoms. The van der Waals surface area contributed by atoms with E-state index in [1.165, 1.54) is 31.2 Å². The van der Waals surface area contributed by atoms with Gasteiger partial charge in [0.25, 0.3) is 0 Å². The van der Waals surface area contributed by atoms with Crippen LogP contribution in [0.25, 0.3) is 22.3 Å². The Kier molecular flexibility index (Phi) is 13.5. The maximum atomic E-state index is 14.6. The van der Waals surface area contributed by atoms with Crippen molar-refractivity contribution in [2.45, 2.75) is 20.8 Å².